The van der Waals surface area contributed by atoms with Gasteiger partial charge in [0, 0.05) is 12.6 Å². The maximum absolute atomic E-state index is 11.3. The predicted octanol–water partition coefficient (Wildman–Crippen LogP) is 2.33. The smallest absolute Gasteiger partial charge is 0.251 e. The lowest BCUT2D eigenvalue weighted by Gasteiger charge is -2.04. The summed E-state index contributed by atoms with van der Waals surface area (Å²) in [5.41, 5.74) is 2.53. The Labute approximate surface area is 84.0 Å². The van der Waals surface area contributed by atoms with Crippen molar-refractivity contribution in [2.75, 3.05) is 7.05 Å². The molecule has 0 aliphatic heterocycles. The van der Waals surface area contributed by atoms with Crippen molar-refractivity contribution < 1.29 is 4.79 Å². The first-order chi connectivity index (χ1) is 6.72. The van der Waals surface area contributed by atoms with Crippen molar-refractivity contribution in [3.63, 3.8) is 0 Å². The first kappa shape index (κ1) is 10.3. The molecule has 0 saturated heterocycles. The lowest BCUT2D eigenvalue weighted by molar-refractivity contribution is 0.0963. The minimum atomic E-state index is -0.0938. The number of hydrogen-bond donors (Lipinski definition) is 1. The van der Waals surface area contributed by atoms with Crippen molar-refractivity contribution in [3.8, 4) is 0 Å². The molecule has 1 rings (SSSR count). The molecule has 0 radical (unpaired) electrons. The molecular weight excluding hydrogens is 174 g/mol. The molecule has 14 heavy (non-hydrogen) atoms. The number of benzene rings is 1. The third-order valence-corrected chi connectivity index (χ3v) is 2.02. The van der Waals surface area contributed by atoms with E-state index >= 15 is 0 Å². The molecule has 1 aromatic rings. The highest BCUT2D eigenvalue weighted by Gasteiger charge is 2.04. The van der Waals surface area contributed by atoms with E-state index in [1.807, 2.05) is 6.07 Å². The van der Waals surface area contributed by atoms with Crippen molar-refractivity contribution in [1.29, 1.82) is 0 Å². The topological polar surface area (TPSA) is 29.1 Å². The van der Waals surface area contributed by atoms with Gasteiger partial charge in [-0.25, -0.2) is 0 Å². The quantitative estimate of drug-likeness (QED) is 0.773. The van der Waals surface area contributed by atoms with Gasteiger partial charge in [0.25, 0.3) is 5.91 Å². The lowest BCUT2D eigenvalue weighted by atomic mass is 10.0. The summed E-state index contributed by atoms with van der Waals surface area (Å²) < 4.78 is 0. The summed E-state index contributed by atoms with van der Waals surface area (Å²) in [6.45, 7) is 7.37. The molecule has 0 aliphatic carbocycles. The molecule has 0 fully saturated rings. The second-order valence-corrected chi connectivity index (χ2v) is 2.83. The molecule has 2 nitrogen and oxygen atoms in total. The molecule has 0 unspecified atom stereocenters. The SMILES string of the molecule is C=Cc1ccc(C(=O)NC)cc1C=C. The average molecular weight is 187 g/mol. The molecule has 1 aromatic carbocycles. The van der Waals surface area contributed by atoms with Gasteiger partial charge in [-0.3, -0.25) is 4.79 Å². The van der Waals surface area contributed by atoms with Gasteiger partial charge in [-0.05, 0) is 23.3 Å². The minimum Gasteiger partial charge on any atom is -0.355 e. The van der Waals surface area contributed by atoms with Crippen molar-refractivity contribution in [2.24, 2.45) is 0 Å². The Kier molecular flexibility index (Phi) is 3.24. The van der Waals surface area contributed by atoms with Crippen LogP contribution < -0.4 is 5.32 Å². The number of amides is 1. The Morgan fingerprint density at radius 3 is 2.43 bits per heavy atom. The van der Waals surface area contributed by atoms with E-state index in [9.17, 15) is 4.79 Å². The highest BCUT2D eigenvalue weighted by atomic mass is 16.1. The molecule has 0 saturated carbocycles. The van der Waals surface area contributed by atoms with Crippen LogP contribution in [0, 0.1) is 0 Å². The van der Waals surface area contributed by atoms with Gasteiger partial charge in [0.1, 0.15) is 0 Å². The van der Waals surface area contributed by atoms with E-state index in [4.69, 9.17) is 0 Å². The van der Waals surface area contributed by atoms with Crippen LogP contribution in [0.1, 0.15) is 21.5 Å². The Balaban J connectivity index is 3.20. The number of hydrogen-bond acceptors (Lipinski definition) is 1. The van der Waals surface area contributed by atoms with Gasteiger partial charge in [-0.15, -0.1) is 0 Å². The van der Waals surface area contributed by atoms with E-state index < -0.39 is 0 Å². The van der Waals surface area contributed by atoms with Gasteiger partial charge >= 0.3 is 0 Å². The van der Waals surface area contributed by atoms with Crippen LogP contribution in [0.2, 0.25) is 0 Å². The van der Waals surface area contributed by atoms with E-state index in [0.717, 1.165) is 11.1 Å². The zero-order valence-electron chi connectivity index (χ0n) is 8.21. The summed E-state index contributed by atoms with van der Waals surface area (Å²) in [7, 11) is 1.61. The van der Waals surface area contributed by atoms with Gasteiger partial charge in [-0.1, -0.05) is 31.4 Å². The molecule has 72 valence electrons. The van der Waals surface area contributed by atoms with Crippen molar-refractivity contribution in [3.05, 3.63) is 48.0 Å². The molecule has 0 bridgehead atoms. The van der Waals surface area contributed by atoms with Crippen molar-refractivity contribution in [2.45, 2.75) is 0 Å². The number of nitrogens with one attached hydrogen (secondary N) is 1. The zero-order chi connectivity index (χ0) is 10.6. The highest BCUT2D eigenvalue weighted by molar-refractivity contribution is 5.95. The number of carbonyl (C=O) groups excluding carboxylic acids is 1. The highest BCUT2D eigenvalue weighted by Crippen LogP contribution is 2.14. The molecule has 1 amide bonds. The third-order valence-electron chi connectivity index (χ3n) is 2.02. The van der Waals surface area contributed by atoms with Gasteiger partial charge in [0.05, 0.1) is 0 Å². The second-order valence-electron chi connectivity index (χ2n) is 2.83. The summed E-state index contributed by atoms with van der Waals surface area (Å²) in [6, 6.07) is 5.42. The zero-order valence-corrected chi connectivity index (χ0v) is 8.21. The number of rotatable bonds is 3. The monoisotopic (exact) mass is 187 g/mol. The fraction of sp³-hybridized carbons (Fsp3) is 0.0833. The van der Waals surface area contributed by atoms with Crippen LogP contribution in [0.15, 0.2) is 31.4 Å². The normalized spacial score (nSPS) is 9.21. The lowest BCUT2D eigenvalue weighted by Crippen LogP contribution is -2.17. The summed E-state index contributed by atoms with van der Waals surface area (Å²) >= 11 is 0. The minimum absolute atomic E-state index is 0.0938. The molecule has 0 spiro atoms. The van der Waals surface area contributed by atoms with Crippen molar-refractivity contribution >= 4 is 18.1 Å². The van der Waals surface area contributed by atoms with Crippen LogP contribution >= 0.6 is 0 Å². The summed E-state index contributed by atoms with van der Waals surface area (Å²) in [4.78, 5) is 11.3. The maximum Gasteiger partial charge on any atom is 0.251 e. The summed E-state index contributed by atoms with van der Waals surface area (Å²) in [5.74, 6) is -0.0938. The van der Waals surface area contributed by atoms with E-state index in [2.05, 4.69) is 18.5 Å². The van der Waals surface area contributed by atoms with Crippen LogP contribution in [-0.2, 0) is 0 Å². The first-order valence-electron chi connectivity index (χ1n) is 4.34. The fourth-order valence-corrected chi connectivity index (χ4v) is 1.22. The third kappa shape index (κ3) is 1.91. The molecule has 0 heterocycles. The van der Waals surface area contributed by atoms with Crippen LogP contribution in [0.4, 0.5) is 0 Å². The Morgan fingerprint density at radius 2 is 1.93 bits per heavy atom. The molecule has 2 heteroatoms. The Hall–Kier alpha value is -1.83. The van der Waals surface area contributed by atoms with Crippen molar-refractivity contribution in [1.82, 2.24) is 5.32 Å². The fourth-order valence-electron chi connectivity index (χ4n) is 1.22. The Bertz CT molecular complexity index is 380. The van der Waals surface area contributed by atoms with Gasteiger partial charge in [-0.2, -0.15) is 0 Å². The van der Waals surface area contributed by atoms with Gasteiger partial charge in [0.2, 0.25) is 0 Å². The van der Waals surface area contributed by atoms with E-state index in [1.165, 1.54) is 0 Å². The van der Waals surface area contributed by atoms with Crippen LogP contribution in [0.5, 0.6) is 0 Å². The molecule has 0 atom stereocenters. The summed E-state index contributed by atoms with van der Waals surface area (Å²) in [6.07, 6.45) is 3.45. The summed E-state index contributed by atoms with van der Waals surface area (Å²) in [5, 5.41) is 2.57. The average Bonchev–Trinajstić information content (AvgIpc) is 2.26. The largest absolute Gasteiger partial charge is 0.355 e. The molecule has 0 aromatic heterocycles. The van der Waals surface area contributed by atoms with Gasteiger partial charge in [0.15, 0.2) is 0 Å². The predicted molar refractivity (Wildman–Crippen MR) is 60.0 cm³/mol. The van der Waals surface area contributed by atoms with E-state index in [0.29, 0.717) is 5.56 Å². The first-order valence-corrected chi connectivity index (χ1v) is 4.34. The molecule has 1 N–H and O–H groups in total. The number of carbonyl (C=O) groups is 1. The van der Waals surface area contributed by atoms with Crippen LogP contribution in [0.3, 0.4) is 0 Å². The van der Waals surface area contributed by atoms with Crippen LogP contribution in [-0.4, -0.2) is 13.0 Å². The molecule has 0 aliphatic rings. The second kappa shape index (κ2) is 4.42. The molecular formula is C12H13NO. The maximum atomic E-state index is 11.3. The van der Waals surface area contributed by atoms with Gasteiger partial charge < -0.3 is 5.32 Å². The Morgan fingerprint density at radius 1 is 1.29 bits per heavy atom. The van der Waals surface area contributed by atoms with E-state index in [1.54, 1.807) is 31.3 Å². The van der Waals surface area contributed by atoms with Crippen LogP contribution in [0.25, 0.3) is 12.2 Å². The standard InChI is InChI=1S/C12H13NO/c1-4-9-6-7-11(12(14)13-3)8-10(9)5-2/h4-8H,1-2H2,3H3,(H,13,14). The van der Waals surface area contributed by atoms with E-state index in [-0.39, 0.29) is 5.91 Å².